The average Bonchev–Trinajstić information content (AvgIpc) is 2.79. The molecule has 0 saturated heterocycles. The molecule has 0 N–H and O–H groups in total. The van der Waals surface area contributed by atoms with Crippen LogP contribution in [0.5, 0.6) is 5.75 Å². The summed E-state index contributed by atoms with van der Waals surface area (Å²) in [7, 11) is 0. The van der Waals surface area contributed by atoms with Crippen molar-refractivity contribution in [2.24, 2.45) is 0 Å². The van der Waals surface area contributed by atoms with Gasteiger partial charge in [0.2, 0.25) is 0 Å². The monoisotopic (exact) mass is 261 g/mol. The predicted molar refractivity (Wildman–Crippen MR) is 83.4 cm³/mol. The van der Waals surface area contributed by atoms with Crippen molar-refractivity contribution >= 4 is 6.08 Å². The Hall–Kier alpha value is -1.44. The van der Waals surface area contributed by atoms with E-state index >= 15 is 0 Å². The molecule has 1 heterocycles. The summed E-state index contributed by atoms with van der Waals surface area (Å²) >= 11 is 0. The molecule has 0 aliphatic rings. The highest BCUT2D eigenvalue weighted by Gasteiger charge is 2.22. The molecule has 1 aromatic heterocycles. The van der Waals surface area contributed by atoms with E-state index in [0.29, 0.717) is 0 Å². The van der Waals surface area contributed by atoms with E-state index in [-0.39, 0.29) is 5.54 Å². The van der Waals surface area contributed by atoms with Crippen molar-refractivity contribution < 1.29 is 4.74 Å². The molecule has 0 unspecified atom stereocenters. The fourth-order valence-corrected chi connectivity index (χ4v) is 2.45. The second kappa shape index (κ2) is 7.22. The minimum Gasteiger partial charge on any atom is -0.463 e. The number of ether oxygens (including phenoxy) is 1. The van der Waals surface area contributed by atoms with Gasteiger partial charge in [0.05, 0.1) is 12.0 Å². The van der Waals surface area contributed by atoms with Crippen LogP contribution in [0.25, 0.3) is 6.08 Å². The van der Waals surface area contributed by atoms with Gasteiger partial charge in [0.15, 0.2) is 5.75 Å². The lowest BCUT2D eigenvalue weighted by Crippen LogP contribution is -2.26. The standard InChI is InChI=1S/C17H27NO/c1-6-9-10-11-13-17(4,5)18-14-12-16(19-8-3)15(18)7-2/h7-8,12,14H,2-3,6,9-11,13H2,1,4-5H3. The number of unbranched alkanes of at least 4 members (excludes halogenated alkanes) is 3. The highest BCUT2D eigenvalue weighted by atomic mass is 16.5. The molecule has 0 amide bonds. The molecule has 19 heavy (non-hydrogen) atoms. The van der Waals surface area contributed by atoms with Gasteiger partial charge in [-0.15, -0.1) is 0 Å². The first kappa shape index (κ1) is 15.6. The Morgan fingerprint density at radius 1 is 1.26 bits per heavy atom. The quantitative estimate of drug-likeness (QED) is 0.431. The molecule has 2 heteroatoms. The van der Waals surface area contributed by atoms with Crippen molar-refractivity contribution in [1.29, 1.82) is 0 Å². The molecule has 0 aromatic carbocycles. The van der Waals surface area contributed by atoms with Gasteiger partial charge in [0, 0.05) is 11.7 Å². The van der Waals surface area contributed by atoms with Crippen molar-refractivity contribution in [3.8, 4) is 5.75 Å². The maximum atomic E-state index is 5.42. The molecule has 1 aromatic rings. The normalized spacial score (nSPS) is 11.3. The topological polar surface area (TPSA) is 14.2 Å². The van der Waals surface area contributed by atoms with Gasteiger partial charge < -0.3 is 9.30 Å². The molecular weight excluding hydrogens is 234 g/mol. The third-order valence-corrected chi connectivity index (χ3v) is 3.58. The number of aromatic nitrogens is 1. The molecule has 2 nitrogen and oxygen atoms in total. The Morgan fingerprint density at radius 2 is 2.00 bits per heavy atom. The zero-order valence-electron chi connectivity index (χ0n) is 12.6. The van der Waals surface area contributed by atoms with Crippen molar-refractivity contribution in [1.82, 2.24) is 4.57 Å². The number of hydrogen-bond acceptors (Lipinski definition) is 1. The Bertz CT molecular complexity index is 415. The van der Waals surface area contributed by atoms with Crippen molar-refractivity contribution in [3.05, 3.63) is 37.4 Å². The van der Waals surface area contributed by atoms with Crippen LogP contribution in [0.4, 0.5) is 0 Å². The van der Waals surface area contributed by atoms with Crippen LogP contribution in [-0.4, -0.2) is 4.57 Å². The highest BCUT2D eigenvalue weighted by molar-refractivity contribution is 5.53. The first-order chi connectivity index (χ1) is 9.06. The van der Waals surface area contributed by atoms with Gasteiger partial charge in [-0.3, -0.25) is 0 Å². The van der Waals surface area contributed by atoms with Gasteiger partial charge in [0.25, 0.3) is 0 Å². The Labute approximate surface area is 117 Å². The van der Waals surface area contributed by atoms with E-state index in [1.54, 1.807) is 0 Å². The van der Waals surface area contributed by atoms with Gasteiger partial charge in [-0.1, -0.05) is 45.8 Å². The maximum absolute atomic E-state index is 5.42. The fraction of sp³-hybridized carbons (Fsp3) is 0.529. The summed E-state index contributed by atoms with van der Waals surface area (Å²) < 4.78 is 7.67. The molecular formula is C17H27NO. The van der Waals surface area contributed by atoms with Crippen molar-refractivity contribution in [3.63, 3.8) is 0 Å². The van der Waals surface area contributed by atoms with Crippen LogP contribution in [-0.2, 0) is 5.54 Å². The molecule has 1 rings (SSSR count). The van der Waals surface area contributed by atoms with E-state index in [9.17, 15) is 0 Å². The van der Waals surface area contributed by atoms with Crippen LogP contribution in [0.2, 0.25) is 0 Å². The van der Waals surface area contributed by atoms with Crippen molar-refractivity contribution in [2.75, 3.05) is 0 Å². The van der Waals surface area contributed by atoms with Gasteiger partial charge in [-0.2, -0.15) is 0 Å². The second-order valence-corrected chi connectivity index (χ2v) is 5.55. The van der Waals surface area contributed by atoms with E-state index in [1.165, 1.54) is 31.9 Å². The van der Waals surface area contributed by atoms with E-state index in [4.69, 9.17) is 4.74 Å². The summed E-state index contributed by atoms with van der Waals surface area (Å²) in [6.07, 6.45) is 11.7. The molecule has 0 radical (unpaired) electrons. The summed E-state index contributed by atoms with van der Waals surface area (Å²) in [6.45, 7) is 14.3. The molecule has 0 aliphatic carbocycles. The number of rotatable bonds is 9. The molecule has 0 atom stereocenters. The second-order valence-electron chi connectivity index (χ2n) is 5.55. The van der Waals surface area contributed by atoms with Crippen molar-refractivity contribution in [2.45, 2.75) is 58.4 Å². The van der Waals surface area contributed by atoms with E-state index in [2.05, 4.69) is 44.7 Å². The summed E-state index contributed by atoms with van der Waals surface area (Å²) in [5.41, 5.74) is 1.11. The molecule has 0 bridgehead atoms. The first-order valence-corrected chi connectivity index (χ1v) is 7.18. The zero-order chi connectivity index (χ0) is 14.3. The average molecular weight is 261 g/mol. The van der Waals surface area contributed by atoms with Crippen LogP contribution in [0.1, 0.15) is 58.6 Å². The third kappa shape index (κ3) is 4.02. The van der Waals surface area contributed by atoms with Gasteiger partial charge >= 0.3 is 0 Å². The van der Waals surface area contributed by atoms with E-state index < -0.39 is 0 Å². The summed E-state index contributed by atoms with van der Waals surface area (Å²) in [4.78, 5) is 0. The third-order valence-electron chi connectivity index (χ3n) is 3.58. The molecule has 0 aliphatic heterocycles. The van der Waals surface area contributed by atoms with Crippen LogP contribution >= 0.6 is 0 Å². The van der Waals surface area contributed by atoms with Crippen LogP contribution in [0, 0.1) is 0 Å². The molecule has 0 saturated carbocycles. The van der Waals surface area contributed by atoms with E-state index in [1.807, 2.05) is 12.1 Å². The van der Waals surface area contributed by atoms with Crippen LogP contribution < -0.4 is 4.74 Å². The lowest BCUT2D eigenvalue weighted by molar-refractivity contribution is 0.311. The largest absolute Gasteiger partial charge is 0.463 e. The smallest absolute Gasteiger partial charge is 0.151 e. The van der Waals surface area contributed by atoms with Gasteiger partial charge in [0.1, 0.15) is 0 Å². The summed E-state index contributed by atoms with van der Waals surface area (Å²) in [6, 6.07) is 1.98. The minimum atomic E-state index is 0.0834. The summed E-state index contributed by atoms with van der Waals surface area (Å²) in [5, 5.41) is 0. The highest BCUT2D eigenvalue weighted by Crippen LogP contribution is 2.31. The minimum absolute atomic E-state index is 0.0834. The number of nitrogens with zero attached hydrogens (tertiary/aromatic N) is 1. The zero-order valence-corrected chi connectivity index (χ0v) is 12.6. The predicted octanol–water partition coefficient (Wildman–Crippen LogP) is 5.36. The first-order valence-electron chi connectivity index (χ1n) is 7.18. The SMILES string of the molecule is C=COc1ccn(C(C)(C)CCCCCC)c1C=C. The molecule has 0 fully saturated rings. The Balaban J connectivity index is 2.81. The lowest BCUT2D eigenvalue weighted by atomic mass is 9.95. The van der Waals surface area contributed by atoms with Gasteiger partial charge in [-0.25, -0.2) is 0 Å². The molecule has 106 valence electrons. The van der Waals surface area contributed by atoms with Crippen LogP contribution in [0.3, 0.4) is 0 Å². The maximum Gasteiger partial charge on any atom is 0.151 e. The Kier molecular flexibility index (Phi) is 5.94. The van der Waals surface area contributed by atoms with Gasteiger partial charge in [-0.05, 0) is 32.4 Å². The number of hydrogen-bond donors (Lipinski definition) is 0. The molecule has 0 spiro atoms. The summed E-state index contributed by atoms with van der Waals surface area (Å²) in [5.74, 6) is 0.826. The fourth-order valence-electron chi connectivity index (χ4n) is 2.45. The van der Waals surface area contributed by atoms with Crippen LogP contribution in [0.15, 0.2) is 31.7 Å². The Morgan fingerprint density at radius 3 is 2.58 bits per heavy atom. The lowest BCUT2D eigenvalue weighted by Gasteiger charge is -2.29. The van der Waals surface area contributed by atoms with E-state index in [0.717, 1.165) is 17.9 Å².